The standard InChI is InChI=1S/C41H56Cl2N8O7S2/c1-23(2)19-32(49-41(55)47-22-27-14-15-29(42)30(43)21-27)37(53)50-34(28-11-8-7-9-12-28)38(54)48-31(35(52)39-45-17-18-59-39)13-10-16-46-40(44)51-60(56,57)36-24(3)20-33(58-6)25(4)26(36)5/h14-15,17-18,20-21,23,28,31-32,34H,7-13,16,19,22H2,1-6H3,(H,48,54)(H,50,53)(H3,44,46,51)(H2,47,49,55)/t31-,32-,34-/m0/s1. The van der Waals surface area contributed by atoms with Gasteiger partial charge in [0.15, 0.2) is 5.01 Å². The van der Waals surface area contributed by atoms with Gasteiger partial charge in [-0.05, 0) is 105 Å². The molecule has 1 heterocycles. The van der Waals surface area contributed by atoms with Crippen LogP contribution < -0.4 is 36.5 Å². The second-order valence-electron chi connectivity index (χ2n) is 15.4. The van der Waals surface area contributed by atoms with E-state index in [9.17, 15) is 27.6 Å². The van der Waals surface area contributed by atoms with E-state index in [1.54, 1.807) is 50.4 Å². The molecule has 15 nitrogen and oxygen atoms in total. The minimum atomic E-state index is -4.10. The Morgan fingerprint density at radius 3 is 2.32 bits per heavy atom. The number of aryl methyl sites for hydroxylation is 1. The summed E-state index contributed by atoms with van der Waals surface area (Å²) in [6.07, 6.45) is 6.27. The molecule has 1 aromatic heterocycles. The number of thiazole rings is 1. The lowest BCUT2D eigenvalue weighted by Gasteiger charge is -2.32. The molecule has 0 bridgehead atoms. The fourth-order valence-electron chi connectivity index (χ4n) is 7.25. The lowest BCUT2D eigenvalue weighted by molar-refractivity contribution is -0.132. The molecule has 0 radical (unpaired) electrons. The van der Waals surface area contributed by atoms with E-state index in [2.05, 4.69) is 36.0 Å². The molecular weight excluding hydrogens is 852 g/mol. The van der Waals surface area contributed by atoms with Gasteiger partial charge in [-0.2, -0.15) is 0 Å². The van der Waals surface area contributed by atoms with Crippen LogP contribution >= 0.6 is 34.5 Å². The van der Waals surface area contributed by atoms with Crippen LogP contribution in [0.4, 0.5) is 4.79 Å². The van der Waals surface area contributed by atoms with Crippen molar-refractivity contribution in [2.75, 3.05) is 13.7 Å². The van der Waals surface area contributed by atoms with Gasteiger partial charge in [-0.15, -0.1) is 11.3 Å². The molecule has 4 rings (SSSR count). The topological polar surface area (TPSA) is 223 Å². The highest BCUT2D eigenvalue weighted by Crippen LogP contribution is 2.31. The number of hydrogen-bond acceptors (Lipinski definition) is 10. The minimum Gasteiger partial charge on any atom is -0.496 e. The second kappa shape index (κ2) is 22.4. The van der Waals surface area contributed by atoms with Gasteiger partial charge in [-0.1, -0.05) is 62.4 Å². The van der Waals surface area contributed by atoms with Gasteiger partial charge in [0.05, 0.1) is 28.1 Å². The predicted octanol–water partition coefficient (Wildman–Crippen LogP) is 6.10. The van der Waals surface area contributed by atoms with Crippen molar-refractivity contribution in [2.45, 2.75) is 116 Å². The average Bonchev–Trinajstić information content (AvgIpc) is 3.74. The maximum atomic E-state index is 14.2. The number of ether oxygens (including phenoxy) is 1. The molecule has 0 spiro atoms. The normalized spacial score (nSPS) is 15.1. The van der Waals surface area contributed by atoms with Gasteiger partial charge in [0.2, 0.25) is 23.6 Å². The van der Waals surface area contributed by atoms with Crippen molar-refractivity contribution in [1.82, 2.24) is 31.0 Å². The SMILES string of the molecule is COc1cc(C)c(S(=O)(=O)NC(N)=NCCC[C@H](NC(=O)[C@@H](NC(=O)[C@H](CC(C)C)NC(=O)NCc2ccc(Cl)c(Cl)c2)C2CCCCC2)C(=O)c2nccs2)c(C)c1C. The molecule has 19 heteroatoms. The third-order valence-corrected chi connectivity index (χ3v) is 13.6. The minimum absolute atomic E-state index is 0.0188. The van der Waals surface area contributed by atoms with E-state index in [1.807, 2.05) is 13.8 Å². The number of nitrogens with zero attached hydrogens (tertiary/aromatic N) is 2. The number of rotatable bonds is 19. The number of sulfonamides is 1. The number of carbonyl (C=O) groups is 4. The van der Waals surface area contributed by atoms with Gasteiger partial charge in [0.1, 0.15) is 17.8 Å². The number of halogens is 2. The van der Waals surface area contributed by atoms with Crippen LogP contribution in [0.3, 0.4) is 0 Å². The number of amides is 4. The van der Waals surface area contributed by atoms with E-state index in [0.717, 1.165) is 30.6 Å². The number of urea groups is 1. The van der Waals surface area contributed by atoms with Gasteiger partial charge in [0, 0.05) is 24.7 Å². The summed E-state index contributed by atoms with van der Waals surface area (Å²) in [5, 5.41) is 13.9. The van der Waals surface area contributed by atoms with E-state index >= 15 is 0 Å². The number of aromatic nitrogens is 1. The average molecular weight is 908 g/mol. The summed E-state index contributed by atoms with van der Waals surface area (Å²) in [4.78, 5) is 63.4. The van der Waals surface area contributed by atoms with Crippen LogP contribution in [0.2, 0.25) is 10.0 Å². The molecule has 3 aromatic rings. The Hall–Kier alpha value is -4.45. The van der Waals surface area contributed by atoms with Gasteiger partial charge in [-0.3, -0.25) is 19.4 Å². The predicted molar refractivity (Wildman–Crippen MR) is 235 cm³/mol. The van der Waals surface area contributed by atoms with Gasteiger partial charge >= 0.3 is 6.03 Å². The van der Waals surface area contributed by atoms with Gasteiger partial charge < -0.3 is 31.7 Å². The van der Waals surface area contributed by atoms with E-state index in [1.165, 1.54) is 13.3 Å². The van der Waals surface area contributed by atoms with E-state index < -0.39 is 51.8 Å². The zero-order chi connectivity index (χ0) is 44.1. The number of nitrogens with one attached hydrogen (secondary N) is 5. The van der Waals surface area contributed by atoms with E-state index in [0.29, 0.717) is 57.3 Å². The Balaban J connectivity index is 1.47. The zero-order valence-electron chi connectivity index (χ0n) is 34.8. The van der Waals surface area contributed by atoms with Crippen LogP contribution in [-0.4, -0.2) is 74.8 Å². The van der Waals surface area contributed by atoms with Crippen molar-refractivity contribution in [3.05, 3.63) is 73.1 Å². The summed E-state index contributed by atoms with van der Waals surface area (Å²) in [6, 6.07) is 3.07. The number of ketones is 1. The number of guanidine groups is 1. The molecule has 3 atom stereocenters. The Morgan fingerprint density at radius 1 is 0.967 bits per heavy atom. The summed E-state index contributed by atoms with van der Waals surface area (Å²) < 4.78 is 34.4. The molecule has 2 aromatic carbocycles. The third kappa shape index (κ3) is 13.5. The number of benzene rings is 2. The van der Waals surface area contributed by atoms with Crippen molar-refractivity contribution in [2.24, 2.45) is 22.6 Å². The quantitative estimate of drug-likeness (QED) is 0.0353. The second-order valence-corrected chi connectivity index (χ2v) is 18.7. The summed E-state index contributed by atoms with van der Waals surface area (Å²) in [6.45, 7) is 9.13. The fraction of sp³-hybridized carbons (Fsp3) is 0.512. The number of carbonyl (C=O) groups excluding carboxylic acids is 4. The van der Waals surface area contributed by atoms with Crippen molar-refractivity contribution in [3.63, 3.8) is 0 Å². The van der Waals surface area contributed by atoms with Gasteiger partial charge in [0.25, 0.3) is 10.0 Å². The van der Waals surface area contributed by atoms with Gasteiger partial charge in [-0.25, -0.2) is 22.9 Å². The maximum absolute atomic E-state index is 14.2. The van der Waals surface area contributed by atoms with Crippen LogP contribution in [0.1, 0.15) is 97.3 Å². The highest BCUT2D eigenvalue weighted by atomic mass is 35.5. The fourth-order valence-corrected chi connectivity index (χ4v) is 9.68. The zero-order valence-corrected chi connectivity index (χ0v) is 38.0. The number of hydrogen-bond donors (Lipinski definition) is 6. The summed E-state index contributed by atoms with van der Waals surface area (Å²) in [5.41, 5.74) is 8.43. The molecule has 60 heavy (non-hydrogen) atoms. The van der Waals surface area contributed by atoms with Crippen LogP contribution in [0, 0.1) is 32.6 Å². The summed E-state index contributed by atoms with van der Waals surface area (Å²) in [5.74, 6) is -1.42. The Kier molecular flexibility index (Phi) is 18.0. The molecule has 7 N–H and O–H groups in total. The largest absolute Gasteiger partial charge is 0.496 e. The van der Waals surface area contributed by atoms with Crippen LogP contribution in [0.25, 0.3) is 0 Å². The third-order valence-electron chi connectivity index (χ3n) is 10.4. The molecule has 1 aliphatic carbocycles. The number of methoxy groups -OCH3 is 1. The molecule has 0 aliphatic heterocycles. The number of aliphatic imine (C=N–C) groups is 1. The number of Topliss-reactive ketones (excluding diaryl/α,β-unsaturated/α-hetero) is 1. The Bertz CT molecular complexity index is 2130. The van der Waals surface area contributed by atoms with E-state index in [-0.39, 0.29) is 53.6 Å². The van der Waals surface area contributed by atoms with Crippen LogP contribution in [0.15, 0.2) is 45.7 Å². The molecule has 1 fully saturated rings. The molecule has 0 unspecified atom stereocenters. The molecular formula is C41H56Cl2N8O7S2. The maximum Gasteiger partial charge on any atom is 0.315 e. The molecule has 328 valence electrons. The van der Waals surface area contributed by atoms with Crippen molar-refractivity contribution in [1.29, 1.82) is 0 Å². The lowest BCUT2D eigenvalue weighted by Crippen LogP contribution is -2.59. The molecule has 0 saturated heterocycles. The van der Waals surface area contributed by atoms with Crippen molar-refractivity contribution < 1.29 is 32.3 Å². The lowest BCUT2D eigenvalue weighted by atomic mass is 9.83. The Labute approximate surface area is 366 Å². The summed E-state index contributed by atoms with van der Waals surface area (Å²) in [7, 11) is -2.58. The van der Waals surface area contributed by atoms with Crippen molar-refractivity contribution >= 4 is 74.2 Å². The summed E-state index contributed by atoms with van der Waals surface area (Å²) >= 11 is 13.3. The molecule has 1 saturated carbocycles. The van der Waals surface area contributed by atoms with Crippen LogP contribution in [-0.2, 0) is 26.2 Å². The first-order chi connectivity index (χ1) is 28.4. The number of nitrogens with two attached hydrogens (primary N) is 1. The molecule has 4 amide bonds. The first kappa shape index (κ1) is 48.2. The molecule has 1 aliphatic rings. The van der Waals surface area contributed by atoms with Crippen molar-refractivity contribution in [3.8, 4) is 5.75 Å². The van der Waals surface area contributed by atoms with Crippen LogP contribution in [0.5, 0.6) is 5.75 Å². The van der Waals surface area contributed by atoms with E-state index in [4.69, 9.17) is 33.7 Å². The first-order valence-corrected chi connectivity index (χ1v) is 23.0. The highest BCUT2D eigenvalue weighted by Gasteiger charge is 2.36. The highest BCUT2D eigenvalue weighted by molar-refractivity contribution is 7.90. The first-order valence-electron chi connectivity index (χ1n) is 19.9. The monoisotopic (exact) mass is 906 g/mol. The Morgan fingerprint density at radius 2 is 1.68 bits per heavy atom. The smallest absolute Gasteiger partial charge is 0.315 e.